The number of ether oxygens (including phenoxy) is 2. The molecule has 1 aliphatic rings. The molecule has 0 aliphatic heterocycles. The molecule has 0 spiro atoms. The summed E-state index contributed by atoms with van der Waals surface area (Å²) >= 11 is 0. The van der Waals surface area contributed by atoms with Crippen LogP contribution in [0, 0.1) is 0 Å². The van der Waals surface area contributed by atoms with E-state index in [1.54, 1.807) is 0 Å². The fourth-order valence-corrected chi connectivity index (χ4v) is 4.48. The summed E-state index contributed by atoms with van der Waals surface area (Å²) in [5, 5.41) is 8.78. The molecular formula is C27H34N4O3. The highest BCUT2D eigenvalue weighted by atomic mass is 16.6. The van der Waals surface area contributed by atoms with Crippen LogP contribution in [-0.2, 0) is 22.5 Å². The molecule has 1 fully saturated rings. The molecule has 2 atom stereocenters. The third-order valence-corrected chi connectivity index (χ3v) is 6.23. The number of para-hydroxylation sites is 1. The van der Waals surface area contributed by atoms with Gasteiger partial charge in [-0.1, -0.05) is 60.2 Å². The van der Waals surface area contributed by atoms with Crippen molar-refractivity contribution in [2.24, 2.45) is 0 Å². The number of carbonyl (C=O) groups is 1. The molecule has 0 bridgehead atoms. The summed E-state index contributed by atoms with van der Waals surface area (Å²) < 4.78 is 13.2. The van der Waals surface area contributed by atoms with Gasteiger partial charge in [0.05, 0.1) is 17.9 Å². The van der Waals surface area contributed by atoms with E-state index >= 15 is 0 Å². The van der Waals surface area contributed by atoms with E-state index in [-0.39, 0.29) is 24.7 Å². The Balaban J connectivity index is 1.26. The molecule has 7 heteroatoms. The minimum atomic E-state index is -0.348. The van der Waals surface area contributed by atoms with Crippen molar-refractivity contribution in [1.29, 1.82) is 0 Å². The van der Waals surface area contributed by atoms with Gasteiger partial charge in [-0.05, 0) is 63.4 Å². The van der Waals surface area contributed by atoms with E-state index in [1.807, 2.05) is 41.2 Å². The van der Waals surface area contributed by atoms with Crippen molar-refractivity contribution in [3.8, 4) is 5.75 Å². The molecule has 7 nitrogen and oxygen atoms in total. The van der Waals surface area contributed by atoms with Crippen molar-refractivity contribution in [2.75, 3.05) is 20.2 Å². The molecule has 1 aliphatic carbocycles. The number of rotatable bonds is 11. The number of carbonyl (C=O) groups excluding carboxylic acids is 1. The molecule has 0 radical (unpaired) electrons. The number of hydrogen-bond donors (Lipinski definition) is 0. The third kappa shape index (κ3) is 7.15. The lowest BCUT2D eigenvalue weighted by atomic mass is 9.92. The van der Waals surface area contributed by atoms with Crippen LogP contribution in [0.3, 0.4) is 0 Å². The average molecular weight is 463 g/mol. The first kappa shape index (κ1) is 24.0. The van der Waals surface area contributed by atoms with Gasteiger partial charge in [-0.2, -0.15) is 0 Å². The Morgan fingerprint density at radius 3 is 2.59 bits per heavy atom. The summed E-state index contributed by atoms with van der Waals surface area (Å²) in [5.41, 5.74) is 2.30. The lowest BCUT2D eigenvalue weighted by molar-refractivity contribution is -0.155. The molecule has 0 saturated heterocycles. The van der Waals surface area contributed by atoms with E-state index in [4.69, 9.17) is 9.47 Å². The molecular weight excluding hydrogens is 428 g/mol. The second-order valence-electron chi connectivity index (χ2n) is 9.00. The van der Waals surface area contributed by atoms with Crippen molar-refractivity contribution >= 4 is 5.97 Å². The highest BCUT2D eigenvalue weighted by molar-refractivity contribution is 5.71. The van der Waals surface area contributed by atoms with Crippen LogP contribution in [0.4, 0.5) is 0 Å². The van der Waals surface area contributed by atoms with Gasteiger partial charge in [-0.15, -0.1) is 5.10 Å². The second kappa shape index (κ2) is 12.3. The van der Waals surface area contributed by atoms with E-state index in [9.17, 15) is 4.79 Å². The van der Waals surface area contributed by atoms with Gasteiger partial charge < -0.3 is 14.4 Å². The minimum absolute atomic E-state index is 0.0130. The summed E-state index contributed by atoms with van der Waals surface area (Å²) in [6.45, 7) is 1.65. The molecule has 0 N–H and O–H groups in total. The number of esters is 1. The second-order valence-corrected chi connectivity index (χ2v) is 9.00. The zero-order chi connectivity index (χ0) is 23.6. The maximum absolute atomic E-state index is 12.4. The Hall–Kier alpha value is -3.19. The lowest BCUT2D eigenvalue weighted by Gasteiger charge is -2.30. The summed E-state index contributed by atoms with van der Waals surface area (Å²) in [6.07, 6.45) is 7.85. The van der Waals surface area contributed by atoms with Gasteiger partial charge in [0.25, 0.3) is 0 Å². The van der Waals surface area contributed by atoms with Crippen molar-refractivity contribution in [1.82, 2.24) is 19.9 Å². The summed E-state index contributed by atoms with van der Waals surface area (Å²) in [5.74, 6) is 0.313. The summed E-state index contributed by atoms with van der Waals surface area (Å²) in [6, 6.07) is 19.9. The van der Waals surface area contributed by atoms with Crippen molar-refractivity contribution in [2.45, 2.75) is 57.2 Å². The fourth-order valence-electron chi connectivity index (χ4n) is 4.48. The molecule has 0 amide bonds. The smallest absolute Gasteiger partial charge is 0.344 e. The van der Waals surface area contributed by atoms with Crippen LogP contribution in [-0.4, -0.2) is 52.2 Å². The maximum Gasteiger partial charge on any atom is 0.344 e. The van der Waals surface area contributed by atoms with E-state index < -0.39 is 0 Å². The lowest BCUT2D eigenvalue weighted by Crippen LogP contribution is -2.34. The Morgan fingerprint density at radius 2 is 1.79 bits per heavy atom. The zero-order valence-electron chi connectivity index (χ0n) is 19.9. The fraction of sp³-hybridized carbons (Fsp3) is 0.444. The molecule has 1 heterocycles. The number of benzene rings is 2. The molecule has 180 valence electrons. The Morgan fingerprint density at radius 1 is 1.06 bits per heavy atom. The topological polar surface area (TPSA) is 69.5 Å². The monoisotopic (exact) mass is 462 g/mol. The molecule has 4 rings (SSSR count). The number of aromatic nitrogens is 3. The molecule has 1 saturated carbocycles. The Bertz CT molecular complexity index is 1010. The quantitative estimate of drug-likeness (QED) is 0.392. The third-order valence-electron chi connectivity index (χ3n) is 6.23. The molecule has 3 aromatic rings. The molecule has 2 aromatic carbocycles. The van der Waals surface area contributed by atoms with E-state index in [0.29, 0.717) is 5.75 Å². The van der Waals surface area contributed by atoms with Crippen LogP contribution in [0.2, 0.25) is 0 Å². The van der Waals surface area contributed by atoms with Gasteiger partial charge in [0.15, 0.2) is 6.61 Å². The van der Waals surface area contributed by atoms with Crippen LogP contribution in [0.5, 0.6) is 5.75 Å². The molecule has 2 unspecified atom stereocenters. The van der Waals surface area contributed by atoms with Crippen LogP contribution >= 0.6 is 0 Å². The van der Waals surface area contributed by atoms with Crippen LogP contribution in [0.25, 0.3) is 0 Å². The minimum Gasteiger partial charge on any atom is -0.482 e. The van der Waals surface area contributed by atoms with E-state index in [2.05, 4.69) is 52.6 Å². The van der Waals surface area contributed by atoms with E-state index in [0.717, 1.165) is 57.3 Å². The Labute approximate surface area is 201 Å². The first-order valence-electron chi connectivity index (χ1n) is 12.2. The first-order chi connectivity index (χ1) is 16.7. The zero-order valence-corrected chi connectivity index (χ0v) is 19.9. The number of hydrogen-bond acceptors (Lipinski definition) is 6. The van der Waals surface area contributed by atoms with Gasteiger partial charge in [0.2, 0.25) is 0 Å². The van der Waals surface area contributed by atoms with Crippen LogP contribution < -0.4 is 4.74 Å². The number of aryl methyl sites for hydroxylation is 1. The van der Waals surface area contributed by atoms with Gasteiger partial charge in [-0.25, -0.2) is 9.48 Å². The highest BCUT2D eigenvalue weighted by Gasteiger charge is 2.31. The maximum atomic E-state index is 12.4. The number of nitrogens with zero attached hydrogens (tertiary/aromatic N) is 4. The first-order valence-corrected chi connectivity index (χ1v) is 12.2. The van der Waals surface area contributed by atoms with Crippen molar-refractivity contribution < 1.29 is 14.3 Å². The van der Waals surface area contributed by atoms with Gasteiger partial charge in [-0.3, -0.25) is 0 Å². The van der Waals surface area contributed by atoms with Gasteiger partial charge >= 0.3 is 5.97 Å². The largest absolute Gasteiger partial charge is 0.482 e. The molecule has 1 aromatic heterocycles. The van der Waals surface area contributed by atoms with E-state index in [1.165, 1.54) is 5.56 Å². The Kier molecular flexibility index (Phi) is 8.68. The average Bonchev–Trinajstić information content (AvgIpc) is 3.32. The van der Waals surface area contributed by atoms with Crippen LogP contribution in [0.15, 0.2) is 66.9 Å². The van der Waals surface area contributed by atoms with Gasteiger partial charge in [0.1, 0.15) is 11.9 Å². The predicted molar refractivity (Wildman–Crippen MR) is 130 cm³/mol. The summed E-state index contributed by atoms with van der Waals surface area (Å²) in [4.78, 5) is 14.7. The normalized spacial score (nSPS) is 18.1. The van der Waals surface area contributed by atoms with Crippen LogP contribution in [0.1, 0.15) is 49.4 Å². The summed E-state index contributed by atoms with van der Waals surface area (Å²) in [7, 11) is 2.11. The van der Waals surface area contributed by atoms with Crippen molar-refractivity contribution in [3.05, 3.63) is 78.1 Å². The SMILES string of the molecule is CN(CCCc1ccccc1)Cc1cn(C2CCCCC2OC(=O)COc2ccccc2)nn1. The molecule has 34 heavy (non-hydrogen) atoms. The van der Waals surface area contributed by atoms with Crippen molar-refractivity contribution in [3.63, 3.8) is 0 Å². The van der Waals surface area contributed by atoms with Gasteiger partial charge in [0, 0.05) is 6.54 Å². The highest BCUT2D eigenvalue weighted by Crippen LogP contribution is 2.30. The predicted octanol–water partition coefficient (Wildman–Crippen LogP) is 4.45. The standard InChI is InChI=1S/C27H34N4O3/c1-30(18-10-13-22-11-4-2-5-12-22)19-23-20-31(29-28-23)25-16-8-9-17-26(25)34-27(32)21-33-24-14-6-3-7-15-24/h2-7,11-12,14-15,20,25-26H,8-10,13,16-19,21H2,1H3.